The van der Waals surface area contributed by atoms with Crippen LogP contribution in [-0.4, -0.2) is 17.1 Å². The van der Waals surface area contributed by atoms with E-state index in [1.54, 1.807) is 19.5 Å². The average molecular weight is 412 g/mol. The lowest BCUT2D eigenvalue weighted by molar-refractivity contribution is 0.302. The first-order valence-corrected chi connectivity index (χ1v) is 9.97. The smallest absolute Gasteiger partial charge is 0.146 e. The summed E-state index contributed by atoms with van der Waals surface area (Å²) < 4.78 is 11.5. The first-order chi connectivity index (χ1) is 15.2. The van der Waals surface area contributed by atoms with E-state index in [0.717, 1.165) is 39.6 Å². The topological polar surface area (TPSA) is 82.3 Å². The number of hydrogen-bond donors (Lipinski definition) is 2. The number of nitrogens with two attached hydrogens (primary N) is 1. The molecule has 2 aromatic heterocycles. The molecule has 0 spiro atoms. The maximum atomic E-state index is 6.13. The Morgan fingerprint density at radius 2 is 1.81 bits per heavy atom. The highest BCUT2D eigenvalue weighted by Gasteiger charge is 2.10. The van der Waals surface area contributed by atoms with Gasteiger partial charge in [0, 0.05) is 24.5 Å². The van der Waals surface area contributed by atoms with Crippen molar-refractivity contribution >= 4 is 11.5 Å². The summed E-state index contributed by atoms with van der Waals surface area (Å²) in [6.45, 7) is 0.995. The molecule has 0 saturated heterocycles. The van der Waals surface area contributed by atoms with E-state index in [2.05, 4.69) is 21.4 Å². The van der Waals surface area contributed by atoms with Crippen LogP contribution in [-0.2, 0) is 13.2 Å². The average Bonchev–Trinajstić information content (AvgIpc) is 2.83. The second kappa shape index (κ2) is 9.63. The van der Waals surface area contributed by atoms with Crippen LogP contribution in [0.2, 0.25) is 0 Å². The first kappa shape index (κ1) is 20.2. The minimum absolute atomic E-state index is 0.390. The van der Waals surface area contributed by atoms with E-state index in [1.165, 1.54) is 0 Å². The van der Waals surface area contributed by atoms with Gasteiger partial charge in [-0.15, -0.1) is 0 Å². The van der Waals surface area contributed by atoms with Gasteiger partial charge >= 0.3 is 0 Å². The lowest BCUT2D eigenvalue weighted by Crippen LogP contribution is -2.04. The van der Waals surface area contributed by atoms with Crippen molar-refractivity contribution in [1.82, 2.24) is 9.97 Å². The molecule has 6 heteroatoms. The van der Waals surface area contributed by atoms with Gasteiger partial charge in [0.15, 0.2) is 0 Å². The van der Waals surface area contributed by atoms with Crippen molar-refractivity contribution in [2.75, 3.05) is 18.2 Å². The third-order valence-electron chi connectivity index (χ3n) is 4.85. The van der Waals surface area contributed by atoms with Crippen LogP contribution < -0.4 is 20.5 Å². The third-order valence-corrected chi connectivity index (χ3v) is 4.85. The molecule has 2 aromatic carbocycles. The van der Waals surface area contributed by atoms with Gasteiger partial charge in [0.05, 0.1) is 18.5 Å². The molecule has 6 nitrogen and oxygen atoms in total. The van der Waals surface area contributed by atoms with Crippen molar-refractivity contribution in [3.05, 3.63) is 96.4 Å². The number of methoxy groups -OCH3 is 1. The largest absolute Gasteiger partial charge is 0.497 e. The zero-order valence-corrected chi connectivity index (χ0v) is 17.3. The molecule has 0 aliphatic carbocycles. The van der Waals surface area contributed by atoms with Crippen LogP contribution in [0.1, 0.15) is 11.3 Å². The molecule has 0 aliphatic rings. The van der Waals surface area contributed by atoms with Crippen molar-refractivity contribution in [3.8, 4) is 22.6 Å². The number of nitrogens with one attached hydrogen (secondary N) is 1. The first-order valence-electron chi connectivity index (χ1n) is 9.97. The lowest BCUT2D eigenvalue weighted by Gasteiger charge is -2.15. The second-order valence-corrected chi connectivity index (χ2v) is 6.96. The molecule has 3 N–H and O–H groups in total. The zero-order valence-electron chi connectivity index (χ0n) is 17.3. The van der Waals surface area contributed by atoms with Gasteiger partial charge in [-0.2, -0.15) is 0 Å². The number of benzene rings is 2. The minimum Gasteiger partial charge on any atom is -0.497 e. The molecule has 0 atom stereocenters. The number of nitrogen functional groups attached to an aromatic ring is 1. The highest BCUT2D eigenvalue weighted by Crippen LogP contribution is 2.34. The Hall–Kier alpha value is -4.06. The fourth-order valence-corrected chi connectivity index (χ4v) is 3.23. The van der Waals surface area contributed by atoms with Crippen molar-refractivity contribution in [2.45, 2.75) is 13.2 Å². The van der Waals surface area contributed by atoms with Crippen molar-refractivity contribution in [1.29, 1.82) is 0 Å². The number of rotatable bonds is 8. The van der Waals surface area contributed by atoms with Crippen molar-refractivity contribution in [3.63, 3.8) is 0 Å². The molecule has 4 rings (SSSR count). The van der Waals surface area contributed by atoms with Crippen LogP contribution in [0, 0.1) is 0 Å². The third kappa shape index (κ3) is 5.11. The second-order valence-electron chi connectivity index (χ2n) is 6.96. The molecule has 0 aliphatic heterocycles. The molecule has 0 amide bonds. The molecule has 0 radical (unpaired) electrons. The quantitative estimate of drug-likeness (QED) is 0.427. The Labute approximate surface area is 181 Å². The van der Waals surface area contributed by atoms with Gasteiger partial charge in [-0.05, 0) is 59.7 Å². The summed E-state index contributed by atoms with van der Waals surface area (Å²) in [5.74, 6) is 2.05. The van der Waals surface area contributed by atoms with Gasteiger partial charge in [-0.1, -0.05) is 24.3 Å². The molecule has 156 valence electrons. The van der Waals surface area contributed by atoms with Crippen LogP contribution in [0.5, 0.6) is 11.5 Å². The molecule has 31 heavy (non-hydrogen) atoms. The SMILES string of the molecule is COc1cccc(-c2cc(CNc3cccnc3N)ccc2OCc2ccccn2)c1. The summed E-state index contributed by atoms with van der Waals surface area (Å²) in [6.07, 6.45) is 3.44. The molecular weight excluding hydrogens is 388 g/mol. The molecule has 4 aromatic rings. The van der Waals surface area contributed by atoms with Crippen LogP contribution in [0.3, 0.4) is 0 Å². The molecular formula is C25H24N4O2. The molecule has 0 saturated carbocycles. The summed E-state index contributed by atoms with van der Waals surface area (Å²) in [5.41, 5.74) is 10.7. The Kier molecular flexibility index (Phi) is 6.28. The predicted octanol–water partition coefficient (Wildman–Crippen LogP) is 4.93. The summed E-state index contributed by atoms with van der Waals surface area (Å²) >= 11 is 0. The molecule has 2 heterocycles. The minimum atomic E-state index is 0.390. The van der Waals surface area contributed by atoms with Gasteiger partial charge in [0.25, 0.3) is 0 Å². The van der Waals surface area contributed by atoms with Crippen LogP contribution in [0.15, 0.2) is 85.2 Å². The molecule has 0 fully saturated rings. The monoisotopic (exact) mass is 412 g/mol. The van der Waals surface area contributed by atoms with E-state index in [0.29, 0.717) is 19.0 Å². The van der Waals surface area contributed by atoms with E-state index in [9.17, 15) is 0 Å². The number of hydrogen-bond acceptors (Lipinski definition) is 6. The number of pyridine rings is 2. The number of anilines is 2. The van der Waals surface area contributed by atoms with Gasteiger partial charge in [0.2, 0.25) is 0 Å². The summed E-state index contributed by atoms with van der Waals surface area (Å²) in [5, 5.41) is 3.34. The zero-order chi connectivity index (χ0) is 21.5. The summed E-state index contributed by atoms with van der Waals surface area (Å²) in [7, 11) is 1.66. The summed E-state index contributed by atoms with van der Waals surface area (Å²) in [4.78, 5) is 8.46. The lowest BCUT2D eigenvalue weighted by atomic mass is 10.0. The van der Waals surface area contributed by atoms with Crippen molar-refractivity contribution < 1.29 is 9.47 Å². The Morgan fingerprint density at radius 1 is 0.903 bits per heavy atom. The number of ether oxygens (including phenoxy) is 2. The highest BCUT2D eigenvalue weighted by molar-refractivity contribution is 5.72. The van der Waals surface area contributed by atoms with Crippen LogP contribution >= 0.6 is 0 Å². The summed E-state index contributed by atoms with van der Waals surface area (Å²) in [6, 6.07) is 23.6. The number of aromatic nitrogens is 2. The van der Waals surface area contributed by atoms with E-state index in [-0.39, 0.29) is 0 Å². The fraction of sp³-hybridized carbons (Fsp3) is 0.120. The molecule has 0 unspecified atom stereocenters. The Bertz CT molecular complexity index is 1150. The van der Waals surface area contributed by atoms with E-state index in [4.69, 9.17) is 15.2 Å². The van der Waals surface area contributed by atoms with Crippen molar-refractivity contribution in [2.24, 2.45) is 0 Å². The highest BCUT2D eigenvalue weighted by atomic mass is 16.5. The fourth-order valence-electron chi connectivity index (χ4n) is 3.23. The normalized spacial score (nSPS) is 10.5. The Balaban J connectivity index is 1.61. The van der Waals surface area contributed by atoms with E-state index < -0.39 is 0 Å². The van der Waals surface area contributed by atoms with Crippen LogP contribution in [0.4, 0.5) is 11.5 Å². The standard InChI is InChI=1S/C25H24N4O2/c1-30-21-8-4-6-19(15-21)22-14-18(16-29-23-9-5-13-28-25(23)26)10-11-24(22)31-17-20-7-2-3-12-27-20/h2-15,29H,16-17H2,1H3,(H2,26,28). The Morgan fingerprint density at radius 3 is 2.61 bits per heavy atom. The van der Waals surface area contributed by atoms with E-state index in [1.807, 2.05) is 66.7 Å². The molecule has 0 bridgehead atoms. The van der Waals surface area contributed by atoms with Gasteiger partial charge in [-0.25, -0.2) is 4.98 Å². The van der Waals surface area contributed by atoms with Crippen LogP contribution in [0.25, 0.3) is 11.1 Å². The van der Waals surface area contributed by atoms with Gasteiger partial charge < -0.3 is 20.5 Å². The maximum Gasteiger partial charge on any atom is 0.146 e. The van der Waals surface area contributed by atoms with E-state index >= 15 is 0 Å². The maximum absolute atomic E-state index is 6.13. The van der Waals surface area contributed by atoms with Gasteiger partial charge in [0.1, 0.15) is 23.9 Å². The number of nitrogens with zero attached hydrogens (tertiary/aromatic N) is 2. The van der Waals surface area contributed by atoms with Gasteiger partial charge in [-0.3, -0.25) is 4.98 Å². The predicted molar refractivity (Wildman–Crippen MR) is 123 cm³/mol.